The van der Waals surface area contributed by atoms with Crippen molar-refractivity contribution in [3.63, 3.8) is 0 Å². The molecule has 1 fully saturated rings. The first kappa shape index (κ1) is 78.8. The van der Waals surface area contributed by atoms with E-state index in [1.54, 1.807) is 80.3 Å². The second-order valence-electron chi connectivity index (χ2n) is 25.8. The van der Waals surface area contributed by atoms with E-state index < -0.39 is 120 Å². The van der Waals surface area contributed by atoms with Crippen molar-refractivity contribution in [3.05, 3.63) is 77.9 Å². The van der Waals surface area contributed by atoms with E-state index in [9.17, 15) is 53.1 Å². The highest BCUT2D eigenvalue weighted by Gasteiger charge is 2.47. The van der Waals surface area contributed by atoms with Crippen LogP contribution in [0.4, 0.5) is 15.3 Å². The minimum Gasteiger partial charge on any atom is -0.444 e. The molecule has 2 aromatic rings. The number of hydrogen-bond acceptors (Lipinski definition) is 17. The number of urea groups is 1. The van der Waals surface area contributed by atoms with Crippen LogP contribution in [-0.2, 0) is 64.0 Å². The summed E-state index contributed by atoms with van der Waals surface area (Å²) in [5.41, 5.74) is 12.6. The smallest absolute Gasteiger partial charge is 0.417 e. The van der Waals surface area contributed by atoms with E-state index in [1.807, 2.05) is 53.5 Å². The normalized spacial score (nSPS) is 17.6. The fraction of sp³-hybridized carbons (Fsp3) is 0.632. The van der Waals surface area contributed by atoms with Gasteiger partial charge in [-0.25, -0.2) is 14.5 Å². The summed E-state index contributed by atoms with van der Waals surface area (Å²) in [6.07, 6.45) is 1.78. The van der Waals surface area contributed by atoms with Crippen LogP contribution in [0.3, 0.4) is 0 Å². The molecular weight excluding hydrogens is 1210 g/mol. The van der Waals surface area contributed by atoms with Crippen LogP contribution in [0.1, 0.15) is 151 Å². The predicted octanol–water partition coefficient (Wildman–Crippen LogP) is 5.16. The number of carbonyl (C=O) groups excluding carboxylic acids is 11. The number of carbonyl (C=O) groups is 11. The summed E-state index contributed by atoms with van der Waals surface area (Å²) >= 11 is 0. The molecule has 0 unspecified atom stereocenters. The third-order valence-electron chi connectivity index (χ3n) is 18.0. The predicted molar refractivity (Wildman–Crippen MR) is 353 cm³/mol. The first-order chi connectivity index (χ1) is 44.4. The SMILES string of the molecule is CC[C@H](C)[C@@H]([C@@H](CC(=O)N1CCC[C@H]1[C@H](OC)[C@@H](C)C(=O)N(C(=O)OCc1ccc(NC(=O)[C@H](CCCNC(N)=O)NC(=O)[C@@H](NC(=O)CCCCCN2C(=O)C=CC2=O)C(C)C)cc1)[C@H](C)[C@@H](O)c1ccccc1)OC)N(C)[C@H](C(=O)N(C)C(=O)[C@@H](N)C(C)C)C(C)C. The van der Waals surface area contributed by atoms with Crippen molar-refractivity contribution < 1.29 is 72.1 Å². The van der Waals surface area contributed by atoms with Crippen LogP contribution in [0.15, 0.2) is 66.7 Å². The number of hydrogen-bond donors (Lipinski definition) is 7. The molecule has 0 saturated carbocycles. The molecule has 522 valence electrons. The molecule has 1 saturated heterocycles. The Morgan fingerprint density at radius 3 is 1.96 bits per heavy atom. The number of benzene rings is 2. The standard InChI is InChI=1S/C68H105N11O15/c1-15-43(8)59(75(11)58(42(6)7)66(89)76(12)65(88)56(69)40(2)3)51(92-13)38-55(83)77-37-23-27-50(77)61(93-14)44(9)64(87)79(45(10)60(84)47-24-18-16-19-25-47)68(91)94-39-46-29-31-48(32-30-46)72-62(85)49(26-22-35-71-67(70)90)73-63(86)57(41(4)5)74-52(80)28-20-17-21-36-78-53(81)33-34-54(78)82/h16,18-19,24-25,29-34,40-45,49-51,56-61,84H,15,17,20-23,26-28,35-39,69H2,1-14H3,(H,72,85)(H,73,86)(H,74,80)(H3,70,71,90)/t43-,44+,45+,49-,50-,51+,56-,57-,58-,59-,60+,61+/m0/s1. The zero-order valence-corrected chi connectivity index (χ0v) is 57.5. The molecule has 2 heterocycles. The molecule has 2 aliphatic heterocycles. The van der Waals surface area contributed by atoms with Crippen molar-refractivity contribution in [1.29, 1.82) is 0 Å². The number of aliphatic hydroxyl groups excluding tert-OH is 1. The lowest BCUT2D eigenvalue weighted by Gasteiger charge is -2.44. The molecule has 12 atom stereocenters. The maximum atomic E-state index is 15.1. The van der Waals surface area contributed by atoms with Crippen LogP contribution in [0.2, 0.25) is 0 Å². The molecular formula is C68H105N11O15. The first-order valence-electron chi connectivity index (χ1n) is 32.9. The zero-order chi connectivity index (χ0) is 70.3. The maximum absolute atomic E-state index is 15.1. The number of nitrogens with two attached hydrogens (primary N) is 2. The summed E-state index contributed by atoms with van der Waals surface area (Å²) in [6.45, 7) is 18.4. The number of likely N-dealkylation sites (N-methyl/N-ethyl adjacent to an activating group) is 2. The van der Waals surface area contributed by atoms with Crippen molar-refractivity contribution in [1.82, 2.24) is 40.4 Å². The Balaban J connectivity index is 1.51. The molecule has 2 aliphatic rings. The molecule has 2 aromatic carbocycles. The summed E-state index contributed by atoms with van der Waals surface area (Å²) in [4.78, 5) is 155. The molecule has 0 radical (unpaired) electrons. The Kier molecular flexibility index (Phi) is 31.9. The number of nitrogens with zero attached hydrogens (tertiary/aromatic N) is 5. The Hall–Kier alpha value is -7.65. The minimum absolute atomic E-state index is 0.0613. The van der Waals surface area contributed by atoms with Crippen molar-refractivity contribution in [2.24, 2.45) is 41.1 Å². The number of methoxy groups -OCH3 is 2. The number of imide groups is 3. The number of likely N-dealkylation sites (tertiary alicyclic amines) is 1. The maximum Gasteiger partial charge on any atom is 0.417 e. The number of aliphatic hydroxyl groups is 1. The average Bonchev–Trinajstić information content (AvgIpc) is 1.19. The zero-order valence-electron chi connectivity index (χ0n) is 57.5. The topological polar surface area (TPSA) is 352 Å². The van der Waals surface area contributed by atoms with Gasteiger partial charge in [0.15, 0.2) is 0 Å². The lowest BCUT2D eigenvalue weighted by Crippen LogP contribution is -2.60. The van der Waals surface area contributed by atoms with Gasteiger partial charge in [-0.05, 0) is 99.4 Å². The average molecular weight is 1320 g/mol. The van der Waals surface area contributed by atoms with Gasteiger partial charge in [-0.3, -0.25) is 57.9 Å². The second kappa shape index (κ2) is 38.0. The first-order valence-corrected chi connectivity index (χ1v) is 32.9. The van der Waals surface area contributed by atoms with Gasteiger partial charge >= 0.3 is 12.1 Å². The van der Waals surface area contributed by atoms with E-state index in [-0.39, 0.29) is 80.9 Å². The number of primary amides is 1. The number of unbranched alkanes of at least 4 members (excludes halogenated alkanes) is 2. The van der Waals surface area contributed by atoms with E-state index in [4.69, 9.17) is 25.7 Å². The van der Waals surface area contributed by atoms with Crippen LogP contribution in [0, 0.1) is 29.6 Å². The summed E-state index contributed by atoms with van der Waals surface area (Å²) in [7, 11) is 6.21. The van der Waals surface area contributed by atoms with Crippen LogP contribution < -0.4 is 32.7 Å². The van der Waals surface area contributed by atoms with Crippen molar-refractivity contribution in [2.45, 2.75) is 201 Å². The Labute approximate surface area is 554 Å². The summed E-state index contributed by atoms with van der Waals surface area (Å²) in [5, 5.41) is 22.5. The van der Waals surface area contributed by atoms with Gasteiger partial charge < -0.3 is 57.0 Å². The van der Waals surface area contributed by atoms with Gasteiger partial charge in [0.05, 0.1) is 54.8 Å². The van der Waals surface area contributed by atoms with Crippen molar-refractivity contribution in [2.75, 3.05) is 53.3 Å². The lowest BCUT2D eigenvalue weighted by molar-refractivity contribution is -0.152. The van der Waals surface area contributed by atoms with E-state index in [1.165, 1.54) is 40.3 Å². The largest absolute Gasteiger partial charge is 0.444 e. The van der Waals surface area contributed by atoms with Crippen LogP contribution in [0.25, 0.3) is 0 Å². The van der Waals surface area contributed by atoms with Crippen LogP contribution in [-0.4, -0.2) is 197 Å². The highest BCUT2D eigenvalue weighted by molar-refractivity contribution is 6.12. The Bertz CT molecular complexity index is 2890. The second-order valence-corrected chi connectivity index (χ2v) is 25.8. The molecule has 26 nitrogen and oxygen atoms in total. The third-order valence-corrected chi connectivity index (χ3v) is 18.0. The van der Waals surface area contributed by atoms with E-state index in [0.717, 1.165) is 14.7 Å². The highest BCUT2D eigenvalue weighted by Crippen LogP contribution is 2.33. The van der Waals surface area contributed by atoms with E-state index >= 15 is 4.79 Å². The summed E-state index contributed by atoms with van der Waals surface area (Å²) in [6, 6.07) is 7.89. The number of amides is 12. The van der Waals surface area contributed by atoms with Crippen molar-refractivity contribution >= 4 is 71.0 Å². The molecule has 9 N–H and O–H groups in total. The number of ether oxygens (including phenoxy) is 3. The van der Waals surface area contributed by atoms with Gasteiger partial charge in [-0.15, -0.1) is 0 Å². The fourth-order valence-electron chi connectivity index (χ4n) is 12.2. The molecule has 0 spiro atoms. The summed E-state index contributed by atoms with van der Waals surface area (Å²) in [5.74, 6) is -6.34. The van der Waals surface area contributed by atoms with Gasteiger partial charge in [0.2, 0.25) is 41.4 Å². The van der Waals surface area contributed by atoms with E-state index in [2.05, 4.69) is 21.3 Å². The lowest BCUT2D eigenvalue weighted by atomic mass is 9.87. The van der Waals surface area contributed by atoms with Crippen LogP contribution >= 0.6 is 0 Å². The molecule has 94 heavy (non-hydrogen) atoms. The van der Waals surface area contributed by atoms with Gasteiger partial charge in [0.1, 0.15) is 18.7 Å². The summed E-state index contributed by atoms with van der Waals surface area (Å²) < 4.78 is 18.1. The number of rotatable bonds is 37. The Morgan fingerprint density at radius 1 is 0.755 bits per heavy atom. The Morgan fingerprint density at radius 2 is 1.39 bits per heavy atom. The van der Waals surface area contributed by atoms with Crippen LogP contribution in [0.5, 0.6) is 0 Å². The fourth-order valence-corrected chi connectivity index (χ4v) is 12.2. The molecule has 0 aromatic heterocycles. The quantitative estimate of drug-likeness (QED) is 0.0339. The van der Waals surface area contributed by atoms with Gasteiger partial charge in [-0.2, -0.15) is 0 Å². The molecule has 4 rings (SSSR count). The molecule has 12 amide bonds. The number of anilines is 1. The van der Waals surface area contributed by atoms with Gasteiger partial charge in [-0.1, -0.05) is 118 Å². The third kappa shape index (κ3) is 22.0. The molecule has 0 aliphatic carbocycles. The molecule has 26 heteroatoms. The van der Waals surface area contributed by atoms with Crippen molar-refractivity contribution in [3.8, 4) is 0 Å². The minimum atomic E-state index is -1.36. The van der Waals surface area contributed by atoms with Gasteiger partial charge in [0.25, 0.3) is 11.8 Å². The molecule has 0 bridgehead atoms. The monoisotopic (exact) mass is 1320 g/mol. The van der Waals surface area contributed by atoms with E-state index in [0.29, 0.717) is 61.9 Å². The number of nitrogens with one attached hydrogen (secondary N) is 4. The highest BCUT2D eigenvalue weighted by atomic mass is 16.6. The van der Waals surface area contributed by atoms with Gasteiger partial charge in [0, 0.05) is 71.2 Å².